The first-order chi connectivity index (χ1) is 14.1. The molecule has 0 atom stereocenters. The lowest BCUT2D eigenvalue weighted by atomic mass is 10.1. The van der Waals surface area contributed by atoms with E-state index in [2.05, 4.69) is 31.9 Å². The van der Waals surface area contributed by atoms with Gasteiger partial charge in [-0.1, -0.05) is 17.7 Å². The number of aromatic amines is 1. The molecule has 3 aromatic rings. The fraction of sp³-hybridized carbons (Fsp3) is 0.381. The molecule has 0 spiro atoms. The van der Waals surface area contributed by atoms with Gasteiger partial charge >= 0.3 is 0 Å². The highest BCUT2D eigenvalue weighted by atomic mass is 35.5. The van der Waals surface area contributed by atoms with Crippen LogP contribution in [0, 0.1) is 5.82 Å². The third-order valence-corrected chi connectivity index (χ3v) is 5.69. The maximum atomic E-state index is 13.5. The Morgan fingerprint density at radius 3 is 2.48 bits per heavy atom. The van der Waals surface area contributed by atoms with E-state index in [4.69, 9.17) is 21.1 Å². The number of hydrogen-bond donors (Lipinski definition) is 1. The first kappa shape index (κ1) is 18.7. The Hall–Kier alpha value is -2.35. The lowest BCUT2D eigenvalue weighted by Gasteiger charge is -2.34. The van der Waals surface area contributed by atoms with Crippen molar-refractivity contribution >= 4 is 22.6 Å². The molecule has 0 amide bonds. The second kappa shape index (κ2) is 7.82. The number of imidazole rings is 1. The third kappa shape index (κ3) is 4.03. The van der Waals surface area contributed by atoms with Crippen molar-refractivity contribution in [2.75, 3.05) is 39.4 Å². The first-order valence-electron chi connectivity index (χ1n) is 9.81. The van der Waals surface area contributed by atoms with Crippen LogP contribution in [0.3, 0.4) is 0 Å². The number of piperazine rings is 1. The van der Waals surface area contributed by atoms with Crippen molar-refractivity contribution in [1.29, 1.82) is 0 Å². The Labute approximate surface area is 173 Å². The van der Waals surface area contributed by atoms with E-state index in [1.165, 1.54) is 17.7 Å². The van der Waals surface area contributed by atoms with Crippen LogP contribution in [-0.2, 0) is 13.1 Å². The van der Waals surface area contributed by atoms with Crippen molar-refractivity contribution in [1.82, 2.24) is 19.8 Å². The van der Waals surface area contributed by atoms with Crippen molar-refractivity contribution in [2.45, 2.75) is 13.1 Å². The predicted octanol–water partition coefficient (Wildman–Crippen LogP) is 3.44. The smallest absolute Gasteiger partial charge is 0.161 e. The van der Waals surface area contributed by atoms with Gasteiger partial charge in [0.1, 0.15) is 30.4 Å². The zero-order valence-corrected chi connectivity index (χ0v) is 16.7. The lowest BCUT2D eigenvalue weighted by Crippen LogP contribution is -2.45. The van der Waals surface area contributed by atoms with E-state index in [-0.39, 0.29) is 5.82 Å². The van der Waals surface area contributed by atoms with Crippen LogP contribution in [-0.4, -0.2) is 59.2 Å². The molecule has 5 rings (SSSR count). The number of H-pyrrole nitrogens is 1. The van der Waals surface area contributed by atoms with Crippen molar-refractivity contribution < 1.29 is 13.9 Å². The highest BCUT2D eigenvalue weighted by Crippen LogP contribution is 2.31. The fourth-order valence-corrected chi connectivity index (χ4v) is 4.18. The second-order valence-corrected chi connectivity index (χ2v) is 7.90. The van der Waals surface area contributed by atoms with Crippen LogP contribution < -0.4 is 9.47 Å². The summed E-state index contributed by atoms with van der Waals surface area (Å²) in [5, 5.41) is 0.340. The van der Waals surface area contributed by atoms with E-state index in [1.54, 1.807) is 0 Å². The van der Waals surface area contributed by atoms with Crippen LogP contribution in [0.1, 0.15) is 11.4 Å². The number of nitrogens with one attached hydrogen (secondary N) is 1. The van der Waals surface area contributed by atoms with Gasteiger partial charge in [-0.3, -0.25) is 9.80 Å². The molecule has 1 fully saturated rings. The van der Waals surface area contributed by atoms with E-state index in [1.807, 2.05) is 6.07 Å². The van der Waals surface area contributed by atoms with Crippen LogP contribution in [0.15, 0.2) is 30.3 Å². The highest BCUT2D eigenvalue weighted by molar-refractivity contribution is 6.34. The van der Waals surface area contributed by atoms with Gasteiger partial charge in [0.25, 0.3) is 0 Å². The molecule has 0 radical (unpaired) electrons. The fourth-order valence-electron chi connectivity index (χ4n) is 3.93. The molecule has 2 aromatic carbocycles. The summed E-state index contributed by atoms with van der Waals surface area (Å²) in [6, 6.07) is 8.92. The minimum Gasteiger partial charge on any atom is -0.486 e. The van der Waals surface area contributed by atoms with E-state index in [0.29, 0.717) is 35.8 Å². The van der Waals surface area contributed by atoms with Gasteiger partial charge in [0.2, 0.25) is 0 Å². The predicted molar refractivity (Wildman–Crippen MR) is 109 cm³/mol. The zero-order chi connectivity index (χ0) is 19.8. The van der Waals surface area contributed by atoms with E-state index >= 15 is 0 Å². The maximum absolute atomic E-state index is 13.5. The van der Waals surface area contributed by atoms with Gasteiger partial charge in [0, 0.05) is 32.7 Å². The molecule has 3 heterocycles. The summed E-state index contributed by atoms with van der Waals surface area (Å²) in [6.45, 7) is 6.66. The summed E-state index contributed by atoms with van der Waals surface area (Å²) in [5.74, 6) is 2.13. The van der Waals surface area contributed by atoms with Crippen LogP contribution in [0.25, 0.3) is 11.0 Å². The molecule has 1 N–H and O–H groups in total. The highest BCUT2D eigenvalue weighted by Gasteiger charge is 2.20. The van der Waals surface area contributed by atoms with Gasteiger partial charge in [-0.15, -0.1) is 0 Å². The van der Waals surface area contributed by atoms with Gasteiger partial charge in [-0.2, -0.15) is 0 Å². The number of aromatic nitrogens is 2. The zero-order valence-electron chi connectivity index (χ0n) is 16.0. The summed E-state index contributed by atoms with van der Waals surface area (Å²) < 4.78 is 24.8. The van der Waals surface area contributed by atoms with Gasteiger partial charge in [-0.25, -0.2) is 9.37 Å². The Morgan fingerprint density at radius 1 is 0.966 bits per heavy atom. The van der Waals surface area contributed by atoms with Crippen LogP contribution >= 0.6 is 11.6 Å². The minimum atomic E-state index is -0.356. The third-order valence-electron chi connectivity index (χ3n) is 5.40. The van der Waals surface area contributed by atoms with Crippen LogP contribution in [0.5, 0.6) is 11.5 Å². The molecule has 0 aliphatic carbocycles. The molecule has 29 heavy (non-hydrogen) atoms. The van der Waals surface area contributed by atoms with Crippen LogP contribution in [0.2, 0.25) is 5.02 Å². The van der Waals surface area contributed by atoms with E-state index in [9.17, 15) is 4.39 Å². The topological polar surface area (TPSA) is 53.6 Å². The van der Waals surface area contributed by atoms with Gasteiger partial charge in [-0.05, 0) is 29.8 Å². The average Bonchev–Trinajstić information content (AvgIpc) is 3.12. The lowest BCUT2D eigenvalue weighted by molar-refractivity contribution is 0.120. The average molecular weight is 417 g/mol. The van der Waals surface area contributed by atoms with Gasteiger partial charge in [0.05, 0.1) is 17.1 Å². The van der Waals surface area contributed by atoms with Crippen molar-refractivity contribution in [2.24, 2.45) is 0 Å². The molecule has 8 heteroatoms. The van der Waals surface area contributed by atoms with E-state index in [0.717, 1.165) is 50.0 Å². The van der Waals surface area contributed by atoms with E-state index < -0.39 is 0 Å². The number of ether oxygens (including phenoxy) is 2. The number of hydrogen-bond acceptors (Lipinski definition) is 5. The molecule has 6 nitrogen and oxygen atoms in total. The molecule has 152 valence electrons. The van der Waals surface area contributed by atoms with Crippen LogP contribution in [0.4, 0.5) is 4.39 Å². The molecular formula is C21H22ClFN4O2. The summed E-state index contributed by atoms with van der Waals surface area (Å²) >= 11 is 6.10. The van der Waals surface area contributed by atoms with Crippen molar-refractivity contribution in [3.05, 3.63) is 52.6 Å². The number of halogens is 2. The quantitative estimate of drug-likeness (QED) is 0.706. The second-order valence-electron chi connectivity index (χ2n) is 7.50. The SMILES string of the molecule is Fc1cc(Cl)c2nc(CN3CCN(Cc4ccc5c(c4)OCCO5)CC3)[nH]c2c1. The summed E-state index contributed by atoms with van der Waals surface area (Å²) in [5.41, 5.74) is 2.50. The normalized spacial score (nSPS) is 17.7. The Balaban J connectivity index is 1.18. The van der Waals surface area contributed by atoms with Crippen molar-refractivity contribution in [3.8, 4) is 11.5 Å². The molecule has 2 aliphatic rings. The summed E-state index contributed by atoms with van der Waals surface area (Å²) in [4.78, 5) is 12.5. The molecule has 0 bridgehead atoms. The summed E-state index contributed by atoms with van der Waals surface area (Å²) in [6.07, 6.45) is 0. The largest absolute Gasteiger partial charge is 0.486 e. The number of benzene rings is 2. The van der Waals surface area contributed by atoms with Gasteiger partial charge < -0.3 is 14.5 Å². The minimum absolute atomic E-state index is 0.340. The summed E-state index contributed by atoms with van der Waals surface area (Å²) in [7, 11) is 0. The maximum Gasteiger partial charge on any atom is 0.161 e. The molecule has 1 aromatic heterocycles. The Bertz CT molecular complexity index is 1030. The van der Waals surface area contributed by atoms with Gasteiger partial charge in [0.15, 0.2) is 11.5 Å². The number of nitrogens with zero attached hydrogens (tertiary/aromatic N) is 3. The first-order valence-corrected chi connectivity index (χ1v) is 10.2. The molecule has 0 saturated carbocycles. The Kier molecular flexibility index (Phi) is 5.03. The van der Waals surface area contributed by atoms with Crippen molar-refractivity contribution in [3.63, 3.8) is 0 Å². The number of rotatable bonds is 4. The molecule has 1 saturated heterocycles. The molecule has 0 unspecified atom stereocenters. The standard InChI is InChI=1S/C21H22ClFN4O2/c22-16-10-15(23)11-17-21(16)25-20(24-17)13-27-5-3-26(4-6-27)12-14-1-2-18-19(9-14)29-8-7-28-18/h1-2,9-11H,3-8,12-13H2,(H,24,25). The number of fused-ring (bicyclic) bond motifs is 2. The monoisotopic (exact) mass is 416 g/mol. The molecule has 2 aliphatic heterocycles. The Morgan fingerprint density at radius 2 is 1.69 bits per heavy atom. The molecular weight excluding hydrogens is 395 g/mol.